The van der Waals surface area contributed by atoms with Gasteiger partial charge in [-0.1, -0.05) is 32.4 Å². The van der Waals surface area contributed by atoms with Crippen LogP contribution in [-0.4, -0.2) is 29.0 Å². The van der Waals surface area contributed by atoms with Crippen LogP contribution in [0.4, 0.5) is 13.2 Å². The predicted molar refractivity (Wildman–Crippen MR) is 126 cm³/mol. The number of carbonyl (C=O) groups is 1. The van der Waals surface area contributed by atoms with Crippen LogP contribution < -0.4 is 0 Å². The molecule has 0 spiro atoms. The van der Waals surface area contributed by atoms with Crippen molar-refractivity contribution >= 4 is 5.97 Å². The second-order valence-corrected chi connectivity index (χ2v) is 12.9. The second-order valence-electron chi connectivity index (χ2n) is 12.9. The van der Waals surface area contributed by atoms with E-state index >= 15 is 0 Å². The minimum atomic E-state index is -4.52. The Morgan fingerprint density at radius 2 is 1.82 bits per heavy atom. The second kappa shape index (κ2) is 8.81. The zero-order valence-electron chi connectivity index (χ0n) is 21.5. The number of fused-ring (bicyclic) bond motifs is 5. The zero-order chi connectivity index (χ0) is 25.1. The van der Waals surface area contributed by atoms with Crippen LogP contribution in [0, 0.1) is 40.4 Å². The van der Waals surface area contributed by atoms with Crippen LogP contribution in [-0.2, 0) is 9.53 Å². The summed E-state index contributed by atoms with van der Waals surface area (Å²) in [5.74, 6) is 1.61. The number of hydrogen-bond acceptors (Lipinski definition) is 3. The van der Waals surface area contributed by atoms with E-state index in [2.05, 4.69) is 31.6 Å². The number of hydrogen-bond donors (Lipinski definition) is 1. The molecule has 0 aromatic rings. The van der Waals surface area contributed by atoms with Crippen LogP contribution in [0.5, 0.6) is 0 Å². The quantitative estimate of drug-likeness (QED) is 0.331. The molecule has 9 atom stereocenters. The lowest BCUT2D eigenvalue weighted by Gasteiger charge is -2.59. The number of ether oxygens (including phenoxy) is 1. The van der Waals surface area contributed by atoms with E-state index in [9.17, 15) is 23.1 Å². The molecule has 0 bridgehead atoms. The van der Waals surface area contributed by atoms with Crippen LogP contribution in [0.1, 0.15) is 98.8 Å². The average molecular weight is 485 g/mol. The summed E-state index contributed by atoms with van der Waals surface area (Å²) < 4.78 is 44.7. The van der Waals surface area contributed by atoms with Crippen molar-refractivity contribution in [2.45, 2.75) is 117 Å². The molecule has 34 heavy (non-hydrogen) atoms. The Labute approximate surface area is 202 Å². The van der Waals surface area contributed by atoms with Gasteiger partial charge >= 0.3 is 12.1 Å². The summed E-state index contributed by atoms with van der Waals surface area (Å²) in [6.45, 7) is 9.94. The van der Waals surface area contributed by atoms with Gasteiger partial charge in [-0.3, -0.25) is 4.79 Å². The number of aliphatic hydroxyl groups is 1. The maximum Gasteiger partial charge on any atom is 0.425 e. The highest BCUT2D eigenvalue weighted by Gasteiger charge is 2.59. The molecule has 3 saturated carbocycles. The Kier molecular flexibility index (Phi) is 6.75. The summed E-state index contributed by atoms with van der Waals surface area (Å²) in [7, 11) is 0. The molecular weight excluding hydrogens is 441 g/mol. The predicted octanol–water partition coefficient (Wildman–Crippen LogP) is 7.23. The number of allylic oxidation sites excluding steroid dienone is 1. The Hall–Kier alpha value is -1.04. The molecule has 6 heteroatoms. The SMILES string of the molecule is CC(=O)O[C@@H](CC[C@@H](C)[C@H]1CC[C@H]2[C@@H]3CC=C4C[C@@](C)(O)CC[C@]4(C)[C@H]3CC[C@]12C)C(F)(F)F. The molecule has 0 aromatic carbocycles. The van der Waals surface area contributed by atoms with Gasteiger partial charge < -0.3 is 9.84 Å². The van der Waals surface area contributed by atoms with Gasteiger partial charge in [0.15, 0.2) is 6.10 Å². The van der Waals surface area contributed by atoms with Crippen LogP contribution in [0.25, 0.3) is 0 Å². The molecule has 4 aliphatic carbocycles. The minimum absolute atomic E-state index is 0.155. The third kappa shape index (κ3) is 4.57. The lowest BCUT2D eigenvalue weighted by atomic mass is 9.46. The minimum Gasteiger partial charge on any atom is -0.453 e. The molecule has 0 saturated heterocycles. The van der Waals surface area contributed by atoms with Crippen LogP contribution in [0.2, 0.25) is 0 Å². The van der Waals surface area contributed by atoms with Crippen molar-refractivity contribution < 1.29 is 27.8 Å². The summed E-state index contributed by atoms with van der Waals surface area (Å²) >= 11 is 0. The van der Waals surface area contributed by atoms with E-state index in [1.165, 1.54) is 12.0 Å². The van der Waals surface area contributed by atoms with E-state index in [-0.39, 0.29) is 23.2 Å². The van der Waals surface area contributed by atoms with Gasteiger partial charge in [-0.2, -0.15) is 13.2 Å². The maximum absolute atomic E-state index is 13.4. The molecule has 0 unspecified atom stereocenters. The van der Waals surface area contributed by atoms with Crippen molar-refractivity contribution in [3.8, 4) is 0 Å². The summed E-state index contributed by atoms with van der Waals surface area (Å²) in [5, 5.41) is 10.7. The van der Waals surface area contributed by atoms with Gasteiger partial charge in [-0.05, 0) is 112 Å². The van der Waals surface area contributed by atoms with Gasteiger partial charge in [0, 0.05) is 6.92 Å². The summed E-state index contributed by atoms with van der Waals surface area (Å²) in [5.41, 5.74) is 1.22. The van der Waals surface area contributed by atoms with Crippen molar-refractivity contribution in [3.05, 3.63) is 11.6 Å². The molecule has 3 fully saturated rings. The number of rotatable bonds is 5. The molecule has 0 heterocycles. The van der Waals surface area contributed by atoms with Gasteiger partial charge in [-0.25, -0.2) is 0 Å². The van der Waals surface area contributed by atoms with Gasteiger partial charge in [0.2, 0.25) is 0 Å². The molecular formula is C28H43F3O3. The first-order valence-electron chi connectivity index (χ1n) is 13.3. The van der Waals surface area contributed by atoms with E-state index < -0.39 is 23.9 Å². The molecule has 0 amide bonds. The molecule has 4 rings (SSSR count). The first-order chi connectivity index (χ1) is 15.7. The highest BCUT2D eigenvalue weighted by atomic mass is 19.4. The van der Waals surface area contributed by atoms with E-state index in [4.69, 9.17) is 0 Å². The number of halogens is 3. The fraction of sp³-hybridized carbons (Fsp3) is 0.893. The molecule has 194 valence electrons. The summed E-state index contributed by atoms with van der Waals surface area (Å²) in [6.07, 6.45) is 4.52. The van der Waals surface area contributed by atoms with Crippen LogP contribution in [0.15, 0.2) is 11.6 Å². The number of carbonyl (C=O) groups excluding carboxylic acids is 1. The third-order valence-electron chi connectivity index (χ3n) is 10.7. The molecule has 1 N–H and O–H groups in total. The van der Waals surface area contributed by atoms with Gasteiger partial charge in [0.05, 0.1) is 5.60 Å². The summed E-state index contributed by atoms with van der Waals surface area (Å²) in [4.78, 5) is 11.2. The fourth-order valence-electron chi connectivity index (χ4n) is 8.89. The first-order valence-corrected chi connectivity index (χ1v) is 13.3. The molecule has 0 radical (unpaired) electrons. The molecule has 3 nitrogen and oxygen atoms in total. The maximum atomic E-state index is 13.4. The van der Waals surface area contributed by atoms with Crippen molar-refractivity contribution in [2.24, 2.45) is 40.4 Å². The average Bonchev–Trinajstić information content (AvgIpc) is 3.07. The van der Waals surface area contributed by atoms with E-state index in [0.29, 0.717) is 30.1 Å². The smallest absolute Gasteiger partial charge is 0.425 e. The monoisotopic (exact) mass is 484 g/mol. The zero-order valence-corrected chi connectivity index (χ0v) is 21.5. The highest BCUT2D eigenvalue weighted by molar-refractivity contribution is 5.66. The molecule has 0 aliphatic heterocycles. The molecule has 4 aliphatic rings. The van der Waals surface area contributed by atoms with Crippen LogP contribution in [0.3, 0.4) is 0 Å². The number of alkyl halides is 3. The van der Waals surface area contributed by atoms with Gasteiger partial charge in [0.1, 0.15) is 0 Å². The largest absolute Gasteiger partial charge is 0.453 e. The van der Waals surface area contributed by atoms with E-state index in [0.717, 1.165) is 51.9 Å². The number of esters is 1. The topological polar surface area (TPSA) is 46.5 Å². The lowest BCUT2D eigenvalue weighted by molar-refractivity contribution is -0.222. The van der Waals surface area contributed by atoms with Crippen LogP contribution >= 0.6 is 0 Å². The van der Waals surface area contributed by atoms with E-state index in [1.54, 1.807) is 0 Å². The van der Waals surface area contributed by atoms with Crippen molar-refractivity contribution in [3.63, 3.8) is 0 Å². The Bertz CT molecular complexity index is 818. The van der Waals surface area contributed by atoms with Gasteiger partial charge in [0.25, 0.3) is 0 Å². The molecule has 0 aromatic heterocycles. The van der Waals surface area contributed by atoms with Gasteiger partial charge in [-0.15, -0.1) is 0 Å². The van der Waals surface area contributed by atoms with Crippen molar-refractivity contribution in [1.82, 2.24) is 0 Å². The highest BCUT2D eigenvalue weighted by Crippen LogP contribution is 2.67. The third-order valence-corrected chi connectivity index (χ3v) is 10.7. The summed E-state index contributed by atoms with van der Waals surface area (Å²) in [6, 6.07) is 0. The standard InChI is InChI=1S/C28H43F3O3/c1-17(6-11-24(28(29,30)31)34-18(2)32)21-9-10-22-20-8-7-19-16-25(3,33)14-15-26(19,4)23(20)12-13-27(21,22)5/h7,17,20-24,33H,6,8-16H2,1-5H3/t17-,20+,21-,22+,23+,24+,25+,26+,27-/m1/s1. The Balaban J connectivity index is 1.46. The van der Waals surface area contributed by atoms with Crippen molar-refractivity contribution in [2.75, 3.05) is 0 Å². The fourth-order valence-corrected chi connectivity index (χ4v) is 8.89. The first kappa shape index (κ1) is 26.0. The van der Waals surface area contributed by atoms with E-state index in [1.807, 2.05) is 6.92 Å². The normalized spacial score (nSPS) is 43.7. The Morgan fingerprint density at radius 1 is 1.12 bits per heavy atom. The Morgan fingerprint density at radius 3 is 2.47 bits per heavy atom. The van der Waals surface area contributed by atoms with Crippen molar-refractivity contribution in [1.29, 1.82) is 0 Å². The lowest BCUT2D eigenvalue weighted by Crippen LogP contribution is -2.52.